The van der Waals surface area contributed by atoms with Crippen molar-refractivity contribution in [3.05, 3.63) is 64.4 Å². The minimum atomic E-state index is -0.0518. The summed E-state index contributed by atoms with van der Waals surface area (Å²) in [4.78, 5) is 17.2. The van der Waals surface area contributed by atoms with E-state index in [0.717, 1.165) is 46.8 Å². The Kier molecular flexibility index (Phi) is 4.93. The average Bonchev–Trinajstić information content (AvgIpc) is 2.83. The number of aromatic nitrogens is 2. The van der Waals surface area contributed by atoms with Gasteiger partial charge in [-0.25, -0.2) is 4.98 Å². The van der Waals surface area contributed by atoms with Crippen LogP contribution in [0.25, 0.3) is 11.0 Å². The molecule has 0 unspecified atom stereocenters. The van der Waals surface area contributed by atoms with E-state index in [9.17, 15) is 4.79 Å². The molecule has 1 aliphatic rings. The molecule has 0 radical (unpaired) electrons. The number of benzene rings is 2. The molecule has 1 aromatic heterocycles. The van der Waals surface area contributed by atoms with Crippen LogP contribution in [0.5, 0.6) is 0 Å². The molecule has 1 N–H and O–H groups in total. The number of halogens is 1. The van der Waals surface area contributed by atoms with Crippen LogP contribution in [-0.4, -0.2) is 22.0 Å². The zero-order valence-corrected chi connectivity index (χ0v) is 15.4. The van der Waals surface area contributed by atoms with Gasteiger partial charge in [0.15, 0.2) is 0 Å². The van der Waals surface area contributed by atoms with Gasteiger partial charge < -0.3 is 9.88 Å². The summed E-state index contributed by atoms with van der Waals surface area (Å²) in [5, 5.41) is 3.72. The minimum Gasteiger partial charge on any atom is -0.352 e. The summed E-state index contributed by atoms with van der Waals surface area (Å²) in [5.74, 6) is 1.10. The number of carbonyl (C=O) groups is 1. The van der Waals surface area contributed by atoms with Gasteiger partial charge in [-0.15, -0.1) is 0 Å². The van der Waals surface area contributed by atoms with Crippen molar-refractivity contribution < 1.29 is 4.79 Å². The molecule has 0 bridgehead atoms. The van der Waals surface area contributed by atoms with E-state index < -0.39 is 0 Å². The number of aryl methyl sites for hydroxylation is 2. The van der Waals surface area contributed by atoms with E-state index in [-0.39, 0.29) is 5.91 Å². The van der Waals surface area contributed by atoms with Crippen molar-refractivity contribution in [2.45, 2.75) is 38.6 Å². The Morgan fingerprint density at radius 2 is 1.96 bits per heavy atom. The molecule has 0 aliphatic carbocycles. The molecule has 0 spiro atoms. The quantitative estimate of drug-likeness (QED) is 0.743. The average molecular weight is 368 g/mol. The van der Waals surface area contributed by atoms with Crippen LogP contribution in [0.15, 0.2) is 42.5 Å². The summed E-state index contributed by atoms with van der Waals surface area (Å²) in [6, 6.07) is 13.6. The summed E-state index contributed by atoms with van der Waals surface area (Å²) in [7, 11) is 0. The van der Waals surface area contributed by atoms with Crippen molar-refractivity contribution in [1.29, 1.82) is 0 Å². The second kappa shape index (κ2) is 7.50. The number of amides is 1. The molecule has 4 rings (SSSR count). The van der Waals surface area contributed by atoms with Gasteiger partial charge in [-0.2, -0.15) is 0 Å². The lowest BCUT2D eigenvalue weighted by Crippen LogP contribution is -2.25. The number of rotatable bonds is 4. The van der Waals surface area contributed by atoms with E-state index >= 15 is 0 Å². The summed E-state index contributed by atoms with van der Waals surface area (Å²) in [6.07, 6.45) is 5.47. The van der Waals surface area contributed by atoms with E-state index in [1.807, 2.05) is 42.5 Å². The maximum atomic E-state index is 12.5. The third-order valence-electron chi connectivity index (χ3n) is 4.98. The SMILES string of the molecule is O=C(NCCc1ccc(Cl)cc1)c1ccc2c(c1)nc1n2CCCCC1. The van der Waals surface area contributed by atoms with Gasteiger partial charge in [0.25, 0.3) is 5.91 Å². The Balaban J connectivity index is 1.44. The minimum absolute atomic E-state index is 0.0518. The zero-order chi connectivity index (χ0) is 17.9. The number of fused-ring (bicyclic) bond motifs is 3. The predicted molar refractivity (Wildman–Crippen MR) is 105 cm³/mol. The molecule has 2 aromatic carbocycles. The number of imidazole rings is 1. The highest BCUT2D eigenvalue weighted by atomic mass is 35.5. The zero-order valence-electron chi connectivity index (χ0n) is 14.7. The van der Waals surface area contributed by atoms with Gasteiger partial charge in [-0.05, 0) is 55.2 Å². The van der Waals surface area contributed by atoms with Crippen LogP contribution in [0.4, 0.5) is 0 Å². The predicted octanol–water partition coefficient (Wildman–Crippen LogP) is 4.39. The molecule has 0 fully saturated rings. The first-order chi connectivity index (χ1) is 12.7. The van der Waals surface area contributed by atoms with E-state index in [1.165, 1.54) is 19.3 Å². The molecule has 2 heterocycles. The Morgan fingerprint density at radius 3 is 2.81 bits per heavy atom. The summed E-state index contributed by atoms with van der Waals surface area (Å²) < 4.78 is 2.31. The van der Waals surface area contributed by atoms with Crippen LogP contribution in [-0.2, 0) is 19.4 Å². The summed E-state index contributed by atoms with van der Waals surface area (Å²) >= 11 is 5.89. The van der Waals surface area contributed by atoms with E-state index in [1.54, 1.807) is 0 Å². The molecule has 3 aromatic rings. The molecule has 1 amide bonds. The van der Waals surface area contributed by atoms with Gasteiger partial charge >= 0.3 is 0 Å². The van der Waals surface area contributed by atoms with Gasteiger partial charge in [0.1, 0.15) is 5.82 Å². The van der Waals surface area contributed by atoms with Crippen LogP contribution < -0.4 is 5.32 Å². The fourth-order valence-corrected chi connectivity index (χ4v) is 3.69. The van der Waals surface area contributed by atoms with E-state index in [0.29, 0.717) is 12.1 Å². The molecule has 0 atom stereocenters. The van der Waals surface area contributed by atoms with Crippen molar-refractivity contribution in [2.24, 2.45) is 0 Å². The highest BCUT2D eigenvalue weighted by Crippen LogP contribution is 2.22. The number of carbonyl (C=O) groups excluding carboxylic acids is 1. The number of nitrogens with one attached hydrogen (secondary N) is 1. The van der Waals surface area contributed by atoms with Crippen LogP contribution in [0, 0.1) is 0 Å². The molecule has 0 saturated heterocycles. The Hall–Kier alpha value is -2.33. The molecular weight excluding hydrogens is 346 g/mol. The molecule has 5 heteroatoms. The van der Waals surface area contributed by atoms with Crippen molar-refractivity contribution in [3.8, 4) is 0 Å². The van der Waals surface area contributed by atoms with Crippen molar-refractivity contribution in [3.63, 3.8) is 0 Å². The van der Waals surface area contributed by atoms with Crippen LogP contribution in [0.1, 0.15) is 41.0 Å². The normalized spacial score (nSPS) is 14.0. The molecule has 26 heavy (non-hydrogen) atoms. The van der Waals surface area contributed by atoms with Gasteiger partial charge in [-0.3, -0.25) is 4.79 Å². The van der Waals surface area contributed by atoms with Gasteiger partial charge in [0.05, 0.1) is 11.0 Å². The standard InChI is InChI=1S/C21H22ClN3O/c22-17-8-5-15(6-9-17)11-12-23-21(26)16-7-10-19-18(14-16)24-20-4-2-1-3-13-25(19)20/h5-10,14H,1-4,11-13H2,(H,23,26). The Morgan fingerprint density at radius 1 is 1.12 bits per heavy atom. The summed E-state index contributed by atoms with van der Waals surface area (Å²) in [5.41, 5.74) is 3.89. The maximum absolute atomic E-state index is 12.5. The fourth-order valence-electron chi connectivity index (χ4n) is 3.56. The fraction of sp³-hybridized carbons (Fsp3) is 0.333. The first-order valence-electron chi connectivity index (χ1n) is 9.22. The first kappa shape index (κ1) is 17.1. The second-order valence-electron chi connectivity index (χ2n) is 6.83. The third-order valence-corrected chi connectivity index (χ3v) is 5.24. The third kappa shape index (κ3) is 3.61. The summed E-state index contributed by atoms with van der Waals surface area (Å²) in [6.45, 7) is 1.62. The van der Waals surface area contributed by atoms with Crippen LogP contribution in [0.3, 0.4) is 0 Å². The molecule has 1 aliphatic heterocycles. The van der Waals surface area contributed by atoms with Gasteiger partial charge in [0, 0.05) is 30.1 Å². The topological polar surface area (TPSA) is 46.9 Å². The van der Waals surface area contributed by atoms with E-state index in [4.69, 9.17) is 16.6 Å². The monoisotopic (exact) mass is 367 g/mol. The molecule has 4 nitrogen and oxygen atoms in total. The Bertz CT molecular complexity index is 930. The Labute approximate surface area is 158 Å². The van der Waals surface area contributed by atoms with Crippen LogP contribution in [0.2, 0.25) is 5.02 Å². The second-order valence-corrected chi connectivity index (χ2v) is 7.26. The van der Waals surface area contributed by atoms with Crippen molar-refractivity contribution in [2.75, 3.05) is 6.54 Å². The van der Waals surface area contributed by atoms with Crippen molar-refractivity contribution >= 4 is 28.5 Å². The number of nitrogens with zero attached hydrogens (tertiary/aromatic N) is 2. The molecular formula is C21H22ClN3O. The van der Waals surface area contributed by atoms with Gasteiger partial charge in [0.2, 0.25) is 0 Å². The van der Waals surface area contributed by atoms with Crippen molar-refractivity contribution in [1.82, 2.24) is 14.9 Å². The number of hydrogen-bond donors (Lipinski definition) is 1. The molecule has 0 saturated carbocycles. The highest BCUT2D eigenvalue weighted by molar-refractivity contribution is 6.30. The highest BCUT2D eigenvalue weighted by Gasteiger charge is 2.15. The lowest BCUT2D eigenvalue weighted by Gasteiger charge is -2.07. The maximum Gasteiger partial charge on any atom is 0.251 e. The largest absolute Gasteiger partial charge is 0.352 e. The van der Waals surface area contributed by atoms with Crippen LogP contribution >= 0.6 is 11.6 Å². The number of hydrogen-bond acceptors (Lipinski definition) is 2. The van der Waals surface area contributed by atoms with Gasteiger partial charge in [-0.1, -0.05) is 30.2 Å². The lowest BCUT2D eigenvalue weighted by molar-refractivity contribution is 0.0954. The van der Waals surface area contributed by atoms with E-state index in [2.05, 4.69) is 9.88 Å². The lowest BCUT2D eigenvalue weighted by atomic mass is 10.1. The first-order valence-corrected chi connectivity index (χ1v) is 9.60. The molecule has 134 valence electrons. The smallest absolute Gasteiger partial charge is 0.251 e.